The van der Waals surface area contributed by atoms with Crippen LogP contribution in [0.1, 0.15) is 214 Å². The van der Waals surface area contributed by atoms with Gasteiger partial charge in [-0.15, -0.1) is 0 Å². The van der Waals surface area contributed by atoms with Gasteiger partial charge < -0.3 is 65.2 Å². The zero-order valence-electron chi connectivity index (χ0n) is 70.3. The quantitative estimate of drug-likeness (QED) is 0.0420. The summed E-state index contributed by atoms with van der Waals surface area (Å²) in [6, 6.07) is 15.6. The molecule has 0 saturated carbocycles. The molecule has 0 aliphatic rings. The Hall–Kier alpha value is 1.28. The molecule has 2 aromatic rings. The first-order valence-electron chi connectivity index (χ1n) is 33.2. The molecule has 17 nitrogen and oxygen atoms in total. The van der Waals surface area contributed by atoms with E-state index in [4.69, 9.17) is 74.8 Å². The van der Waals surface area contributed by atoms with Crippen LogP contribution >= 0.6 is 181 Å². The number of carbonyl (C=O) groups excluding carboxylic acids is 4. The number of carboxylic acids is 2. The summed E-state index contributed by atoms with van der Waals surface area (Å²) in [6.07, 6.45) is 0.917. The summed E-state index contributed by atoms with van der Waals surface area (Å²) in [5.41, 5.74) is 14.7. The molecule has 0 radical (unpaired) electrons. The number of rotatable bonds is 7. The molecule has 26 heteroatoms. The van der Waals surface area contributed by atoms with E-state index in [0.29, 0.717) is 17.6 Å². The Morgan fingerprint density at radius 1 is 0.671 bits per heavy atom. The zero-order chi connectivity index (χ0) is 84.7. The van der Waals surface area contributed by atoms with Gasteiger partial charge in [-0.25, -0.2) is 0 Å². The van der Waals surface area contributed by atoms with Gasteiger partial charge in [-0.05, 0) is 73.3 Å². The number of hydrogen-bond acceptors (Lipinski definition) is 12. The number of aliphatic hydroxyl groups excluding tert-OH is 1. The number of alkyl halides is 8. The fourth-order valence-electron chi connectivity index (χ4n) is 2.70. The normalized spacial score (nSPS) is 15.5. The van der Waals surface area contributed by atoms with Crippen LogP contribution in [0.25, 0.3) is 0 Å². The van der Waals surface area contributed by atoms with Crippen LogP contribution in [0.3, 0.4) is 0 Å². The molecule has 496 valence electrons. The molecule has 0 unspecified atom stereocenters. The molecule has 0 spiro atoms. The van der Waals surface area contributed by atoms with Gasteiger partial charge in [0.25, 0.3) is 0 Å². The molecule has 0 fully saturated rings. The Morgan fingerprint density at radius 2 is 0.976 bits per heavy atom. The van der Waals surface area contributed by atoms with E-state index in [1.165, 1.54) is 87.5 Å². The standard InChI is InChI=1S/C14H19N3O.C8H10N2O.C6H13NO2.C5H10O2.C5H12O.2C5H10O.C2H3I3.2C2H4I2.C2H5I.C2H6.CN.Na.H2O/c1-14(2,3)11(9-15)17-12(13(16)18)10-7-5-4-6-8-10;9-7(8(10)11)6-4-2-1-3-5-6;1-6(2,3)4(7)5(8)9;1-5(2,3)4(6)7;3*1-5(2,3)4-6;1-2(3,4)5;2*1-2(3)4;1-2-3;2*1-2;;/h4-8,11-12,17H,1-3H3,(H2,16,18);1-5,7H,9H2,(H2,10,11);4H,7H2,1-3H3,(H,8,9);1-3H3,(H,6,7);6H,4H2,1-3H3;2*4H,1-3H3;1H3;2*2H,1H3;2H2,1H3;1-2H3;;;1H2/q;;;;;;;;;;;;-1;+1;/t11-,12-;7-;4-;;;;;;;;;;;;/m111............/s1/i1D3;;5*1D3;;;;;;;;. The molecule has 0 aliphatic carbocycles. The summed E-state index contributed by atoms with van der Waals surface area (Å²) in [6.45, 7) is 20.0. The second-order valence-corrected chi connectivity index (χ2v) is 45.7. The fourth-order valence-corrected chi connectivity index (χ4v) is 2.70. The van der Waals surface area contributed by atoms with Crippen molar-refractivity contribution < 1.29 is 104 Å². The summed E-state index contributed by atoms with van der Waals surface area (Å²) < 4.78 is 129. The fraction of sp³-hybridized carbons (Fsp3) is 0.661. The number of aldehydes is 2. The van der Waals surface area contributed by atoms with Gasteiger partial charge in [0.2, 0.25) is 11.8 Å². The minimum absolute atomic E-state index is 0. The number of aliphatic carboxylic acids is 2. The molecule has 14 N–H and O–H groups in total. The van der Waals surface area contributed by atoms with Crippen molar-refractivity contribution >= 4 is 217 Å². The van der Waals surface area contributed by atoms with Gasteiger partial charge in [-0.2, -0.15) is 5.26 Å². The van der Waals surface area contributed by atoms with Crippen molar-refractivity contribution in [3.05, 3.63) is 78.4 Å². The van der Waals surface area contributed by atoms with Gasteiger partial charge in [0, 0.05) is 42.1 Å². The Bertz CT molecular complexity index is 2570. The van der Waals surface area contributed by atoms with Gasteiger partial charge in [0.05, 0.1) is 15.3 Å². The Labute approximate surface area is 672 Å². The summed E-state index contributed by atoms with van der Waals surface area (Å²) >= 11 is 18.7. The average Bonchev–Trinajstić information content (AvgIpc) is 0.813. The number of halogens is 8. The predicted molar refractivity (Wildman–Crippen MR) is 423 cm³/mol. The molecular weight excluding hydrogens is 2000 g/mol. The summed E-state index contributed by atoms with van der Waals surface area (Å²) in [5.74, 6) is -3.76. The van der Waals surface area contributed by atoms with Crippen LogP contribution in [0.4, 0.5) is 0 Å². The third kappa shape index (κ3) is 120. The van der Waals surface area contributed by atoms with E-state index in [1.807, 2.05) is 38.1 Å². The van der Waals surface area contributed by atoms with E-state index >= 15 is 0 Å². The maximum absolute atomic E-state index is 11.6. The first-order valence-corrected chi connectivity index (χ1v) is 33.9. The Balaban J connectivity index is -0.0000000810. The van der Waals surface area contributed by atoms with Gasteiger partial charge in [0.15, 0.2) is 0 Å². The van der Waals surface area contributed by atoms with Crippen LogP contribution in [0.15, 0.2) is 60.7 Å². The van der Waals surface area contributed by atoms with E-state index in [0.717, 1.165) is 9.43 Å². The van der Waals surface area contributed by atoms with Crippen LogP contribution in [-0.2, 0) is 28.8 Å². The molecule has 2 amide bonds. The van der Waals surface area contributed by atoms with Crippen molar-refractivity contribution in [2.75, 3.05) is 11.0 Å². The second kappa shape index (κ2) is 66.7. The summed E-state index contributed by atoms with van der Waals surface area (Å²) in [4.78, 5) is 63.2. The molecule has 4 atom stereocenters. The van der Waals surface area contributed by atoms with Crippen LogP contribution in [-0.4, -0.2) is 83.5 Å². The van der Waals surface area contributed by atoms with Crippen molar-refractivity contribution in [3.63, 3.8) is 0 Å². The number of nitrogens with zero attached hydrogens (tertiary/aromatic N) is 2. The number of nitriles is 1. The average molecular weight is 2130 g/mol. The molecule has 2 rings (SSSR count). The van der Waals surface area contributed by atoms with E-state index in [9.17, 15) is 34.0 Å². The number of aliphatic hydroxyl groups is 1. The SMILES string of the molecule is CC.CC(I)(I)I.CC(I)I.CC(I)I.CCI.NC(=O)[C@H](N)c1ccccc1.O.[2H]C([2H])([2H])C(C)(C)C(=O)O.[2H]C([2H])([2H])C(C)(C)C=O.[2H]C([2H])([2H])C(C)(C)C=O.[2H]C([2H])([2H])C(C)(C)CO.[2H]C([2H])([2H])C(C)(C)[C@@H](C#N)N[C@@H](C(N)=O)c1ccccc1.[2H]C([2H])([2H])C(C)(C)[C@H](N)C(=O)O.[C-]#N.[Na+]. The molecule has 2 aromatic carbocycles. The molecule has 0 bridgehead atoms. The molecule has 0 aliphatic heterocycles. The number of benzene rings is 2. The van der Waals surface area contributed by atoms with Crippen molar-refractivity contribution in [1.29, 1.82) is 10.5 Å². The number of amides is 2. The van der Waals surface area contributed by atoms with Crippen molar-refractivity contribution in [1.82, 2.24) is 5.32 Å². The van der Waals surface area contributed by atoms with E-state index in [1.54, 1.807) is 42.5 Å². The zero-order valence-corrected chi connectivity index (χ0v) is 71.6. The first kappa shape index (κ1) is 75.3. The van der Waals surface area contributed by atoms with E-state index in [-0.39, 0.29) is 41.6 Å². The molecule has 0 aromatic heterocycles. The van der Waals surface area contributed by atoms with Gasteiger partial charge in [-0.1, -0.05) is 366 Å². The monoisotopic (exact) mass is 2130 g/mol. The summed E-state index contributed by atoms with van der Waals surface area (Å²) in [5, 5.41) is 43.8. The van der Waals surface area contributed by atoms with Gasteiger partial charge in [0.1, 0.15) is 36.2 Å². The third-order valence-corrected chi connectivity index (χ3v) is 6.63. The Morgan fingerprint density at radius 3 is 1.12 bits per heavy atom. The maximum atomic E-state index is 11.6. The topological polar surface area (TPSA) is 358 Å². The van der Waals surface area contributed by atoms with Crippen LogP contribution in [0.5, 0.6) is 0 Å². The molecular formula is C59H108I8N7NaO10. The number of carboxylic acid groups (broad SMARTS) is 2. The summed E-state index contributed by atoms with van der Waals surface area (Å²) in [7, 11) is 0. The minimum atomic E-state index is -2.43. The van der Waals surface area contributed by atoms with E-state index < -0.39 is 122 Å². The smallest absolute Gasteiger partial charge is 0.512 e. The first-order chi connectivity index (χ1) is 44.4. The molecule has 0 saturated heterocycles. The van der Waals surface area contributed by atoms with Crippen LogP contribution < -0.4 is 57.8 Å². The largest absolute Gasteiger partial charge is 1.00 e. The second-order valence-electron chi connectivity index (χ2n) is 19.3. The number of carbonyl (C=O) groups is 6. The minimum Gasteiger partial charge on any atom is -0.512 e. The van der Waals surface area contributed by atoms with Crippen molar-refractivity contribution in [3.8, 4) is 6.07 Å². The number of primary amides is 2. The molecule has 0 heterocycles. The Kier molecular flexibility index (Phi) is 59.1. The number of nitrogens with one attached hydrogen (secondary N) is 1. The van der Waals surface area contributed by atoms with Gasteiger partial charge >= 0.3 is 41.5 Å². The van der Waals surface area contributed by atoms with E-state index in [2.05, 4.69) is 214 Å². The molecule has 85 heavy (non-hydrogen) atoms. The van der Waals surface area contributed by atoms with Crippen molar-refractivity contribution in [2.24, 2.45) is 55.4 Å². The van der Waals surface area contributed by atoms with Gasteiger partial charge in [-0.3, -0.25) is 24.5 Å². The maximum Gasteiger partial charge on any atom is 1.00 e. The number of hydrogen-bond donors (Lipinski definition) is 8. The van der Waals surface area contributed by atoms with Crippen LogP contribution in [0, 0.1) is 55.7 Å². The third-order valence-electron chi connectivity index (χ3n) is 6.63. The number of nitrogens with two attached hydrogens (primary N) is 4. The van der Waals surface area contributed by atoms with Crippen LogP contribution in [0.2, 0.25) is 0 Å². The van der Waals surface area contributed by atoms with Crippen molar-refractivity contribution in [2.45, 2.75) is 193 Å². The predicted octanol–water partition coefficient (Wildman–Crippen LogP) is 13.1.